The van der Waals surface area contributed by atoms with Crippen molar-refractivity contribution in [3.05, 3.63) is 18.2 Å². The molecule has 1 aromatic rings. The van der Waals surface area contributed by atoms with Gasteiger partial charge in [0.2, 0.25) is 5.91 Å². The maximum atomic E-state index is 12.3. The lowest BCUT2D eigenvalue weighted by Gasteiger charge is -2.15. The van der Waals surface area contributed by atoms with Crippen LogP contribution >= 0.6 is 12.4 Å². The average molecular weight is 299 g/mol. The normalized spacial score (nSPS) is 15.8. The van der Waals surface area contributed by atoms with Crippen LogP contribution in [0.5, 0.6) is 5.75 Å². The Balaban J connectivity index is 0.00000200. The van der Waals surface area contributed by atoms with Crippen molar-refractivity contribution in [1.82, 2.24) is 0 Å². The molecule has 20 heavy (non-hydrogen) atoms. The third kappa shape index (κ3) is 4.30. The van der Waals surface area contributed by atoms with E-state index < -0.39 is 0 Å². The van der Waals surface area contributed by atoms with Crippen LogP contribution in [0.15, 0.2) is 18.2 Å². The molecule has 2 rings (SSSR count). The van der Waals surface area contributed by atoms with Gasteiger partial charge in [-0.3, -0.25) is 4.79 Å². The van der Waals surface area contributed by atoms with Crippen LogP contribution in [-0.2, 0) is 4.79 Å². The topological polar surface area (TPSA) is 64.3 Å². The van der Waals surface area contributed by atoms with Gasteiger partial charge in [0, 0.05) is 12.0 Å². The van der Waals surface area contributed by atoms with Crippen molar-refractivity contribution in [2.75, 3.05) is 18.2 Å². The van der Waals surface area contributed by atoms with Crippen molar-refractivity contribution in [2.24, 2.45) is 5.92 Å². The summed E-state index contributed by atoms with van der Waals surface area (Å²) in [5.74, 6) is 0.903. The van der Waals surface area contributed by atoms with Gasteiger partial charge in [-0.15, -0.1) is 12.4 Å². The van der Waals surface area contributed by atoms with Crippen LogP contribution < -0.4 is 15.8 Å². The number of nitrogens with one attached hydrogen (secondary N) is 1. The molecule has 3 N–H and O–H groups in total. The van der Waals surface area contributed by atoms with Crippen LogP contribution in [0.25, 0.3) is 0 Å². The van der Waals surface area contributed by atoms with Crippen molar-refractivity contribution >= 4 is 29.7 Å². The fraction of sp³-hybridized carbons (Fsp3) is 0.533. The lowest BCUT2D eigenvalue weighted by atomic mass is 9.99. The molecule has 5 heteroatoms. The summed E-state index contributed by atoms with van der Waals surface area (Å²) in [5.41, 5.74) is 7.10. The van der Waals surface area contributed by atoms with Gasteiger partial charge in [-0.1, -0.05) is 25.7 Å². The quantitative estimate of drug-likeness (QED) is 0.662. The number of halogens is 1. The molecule has 1 aliphatic rings. The van der Waals surface area contributed by atoms with Gasteiger partial charge in [0.05, 0.1) is 18.5 Å². The minimum atomic E-state index is 0. The minimum Gasteiger partial charge on any atom is -0.497 e. The standard InChI is InChI=1S/C15H22N2O2.ClH/c1-19-12-8-9-13(16)14(10-12)17-15(18)11-6-4-2-3-5-7-11;/h8-11H,2-7,16H2,1H3,(H,17,18);1H. The van der Waals surface area contributed by atoms with Crippen molar-refractivity contribution in [3.8, 4) is 5.75 Å². The Labute approximate surface area is 126 Å². The monoisotopic (exact) mass is 298 g/mol. The Bertz CT molecular complexity index is 443. The van der Waals surface area contributed by atoms with E-state index in [1.165, 1.54) is 12.8 Å². The molecule has 1 aliphatic carbocycles. The van der Waals surface area contributed by atoms with E-state index in [-0.39, 0.29) is 24.2 Å². The van der Waals surface area contributed by atoms with Gasteiger partial charge < -0.3 is 15.8 Å². The molecule has 0 aromatic heterocycles. The number of nitrogen functional groups attached to an aromatic ring is 1. The molecule has 1 aromatic carbocycles. The summed E-state index contributed by atoms with van der Waals surface area (Å²) in [6.45, 7) is 0. The first-order chi connectivity index (χ1) is 9.20. The van der Waals surface area contributed by atoms with Crippen LogP contribution in [0.3, 0.4) is 0 Å². The first-order valence-corrected chi connectivity index (χ1v) is 6.95. The van der Waals surface area contributed by atoms with E-state index in [1.54, 1.807) is 25.3 Å². The lowest BCUT2D eigenvalue weighted by Crippen LogP contribution is -2.22. The van der Waals surface area contributed by atoms with Crippen molar-refractivity contribution in [3.63, 3.8) is 0 Å². The third-order valence-electron chi connectivity index (χ3n) is 3.74. The molecule has 1 amide bonds. The average Bonchev–Trinajstić information content (AvgIpc) is 2.70. The minimum absolute atomic E-state index is 0. The number of hydrogen-bond donors (Lipinski definition) is 2. The predicted molar refractivity (Wildman–Crippen MR) is 84.5 cm³/mol. The molecule has 4 nitrogen and oxygen atoms in total. The van der Waals surface area contributed by atoms with E-state index in [4.69, 9.17) is 10.5 Å². The molecule has 112 valence electrons. The highest BCUT2D eigenvalue weighted by molar-refractivity contribution is 5.95. The van der Waals surface area contributed by atoms with Crippen molar-refractivity contribution in [2.45, 2.75) is 38.5 Å². The largest absolute Gasteiger partial charge is 0.497 e. The molecule has 0 heterocycles. The zero-order chi connectivity index (χ0) is 13.7. The van der Waals surface area contributed by atoms with Crippen molar-refractivity contribution < 1.29 is 9.53 Å². The number of anilines is 2. The Kier molecular flexibility index (Phi) is 6.65. The van der Waals surface area contributed by atoms with Crippen LogP contribution in [0, 0.1) is 5.92 Å². The number of benzene rings is 1. The molecular formula is C15H23ClN2O2. The summed E-state index contributed by atoms with van der Waals surface area (Å²) in [6.07, 6.45) is 6.74. The fourth-order valence-electron chi connectivity index (χ4n) is 2.55. The Morgan fingerprint density at radius 2 is 1.90 bits per heavy atom. The van der Waals surface area contributed by atoms with Crippen LogP contribution in [0.2, 0.25) is 0 Å². The number of nitrogens with two attached hydrogens (primary N) is 1. The van der Waals surface area contributed by atoms with E-state index >= 15 is 0 Å². The number of carbonyl (C=O) groups excluding carboxylic acids is 1. The molecule has 0 bridgehead atoms. The van der Waals surface area contributed by atoms with Gasteiger partial charge in [0.1, 0.15) is 5.75 Å². The first-order valence-electron chi connectivity index (χ1n) is 6.95. The highest BCUT2D eigenvalue weighted by Gasteiger charge is 2.20. The van der Waals surface area contributed by atoms with Gasteiger partial charge in [-0.05, 0) is 25.0 Å². The molecule has 0 saturated heterocycles. The van der Waals surface area contributed by atoms with Crippen LogP contribution in [0.1, 0.15) is 38.5 Å². The summed E-state index contributed by atoms with van der Waals surface area (Å²) in [5, 5.41) is 2.94. The maximum Gasteiger partial charge on any atom is 0.227 e. The third-order valence-corrected chi connectivity index (χ3v) is 3.74. The van der Waals surface area contributed by atoms with Crippen LogP contribution in [0.4, 0.5) is 11.4 Å². The second-order valence-electron chi connectivity index (χ2n) is 5.13. The van der Waals surface area contributed by atoms with Gasteiger partial charge in [-0.25, -0.2) is 0 Å². The smallest absolute Gasteiger partial charge is 0.227 e. The molecule has 0 aliphatic heterocycles. The Morgan fingerprint density at radius 1 is 1.25 bits per heavy atom. The highest BCUT2D eigenvalue weighted by Crippen LogP contribution is 2.28. The number of ether oxygens (including phenoxy) is 1. The summed E-state index contributed by atoms with van der Waals surface area (Å²) in [7, 11) is 1.60. The van der Waals surface area contributed by atoms with Gasteiger partial charge in [0.15, 0.2) is 0 Å². The summed E-state index contributed by atoms with van der Waals surface area (Å²) >= 11 is 0. The molecule has 0 radical (unpaired) electrons. The Hall–Kier alpha value is -1.42. The Morgan fingerprint density at radius 3 is 2.50 bits per heavy atom. The van der Waals surface area contributed by atoms with Gasteiger partial charge in [-0.2, -0.15) is 0 Å². The van der Waals surface area contributed by atoms with E-state index in [9.17, 15) is 4.79 Å². The number of methoxy groups -OCH3 is 1. The predicted octanol–water partition coefficient (Wildman–Crippen LogP) is 3.61. The van der Waals surface area contributed by atoms with E-state index in [1.807, 2.05) is 0 Å². The number of carbonyl (C=O) groups is 1. The summed E-state index contributed by atoms with van der Waals surface area (Å²) in [4.78, 5) is 12.3. The van der Waals surface area contributed by atoms with Gasteiger partial charge >= 0.3 is 0 Å². The van der Waals surface area contributed by atoms with Crippen LogP contribution in [-0.4, -0.2) is 13.0 Å². The number of rotatable bonds is 3. The fourth-order valence-corrected chi connectivity index (χ4v) is 2.55. The molecular weight excluding hydrogens is 276 g/mol. The molecule has 0 spiro atoms. The van der Waals surface area contributed by atoms with E-state index in [0.29, 0.717) is 17.1 Å². The number of hydrogen-bond acceptors (Lipinski definition) is 3. The maximum absolute atomic E-state index is 12.3. The second-order valence-corrected chi connectivity index (χ2v) is 5.13. The molecule has 1 saturated carbocycles. The summed E-state index contributed by atoms with van der Waals surface area (Å²) in [6, 6.07) is 5.31. The number of amides is 1. The van der Waals surface area contributed by atoms with E-state index in [0.717, 1.165) is 25.7 Å². The molecule has 0 unspecified atom stereocenters. The zero-order valence-corrected chi connectivity index (χ0v) is 12.7. The van der Waals surface area contributed by atoms with E-state index in [2.05, 4.69) is 5.32 Å². The zero-order valence-electron chi connectivity index (χ0n) is 11.9. The first kappa shape index (κ1) is 16.6. The SMILES string of the molecule is COc1ccc(N)c(NC(=O)C2CCCCCC2)c1.Cl. The van der Waals surface area contributed by atoms with Crippen molar-refractivity contribution in [1.29, 1.82) is 0 Å². The second kappa shape index (κ2) is 8.00. The molecule has 0 atom stereocenters. The van der Waals surface area contributed by atoms with Gasteiger partial charge in [0.25, 0.3) is 0 Å². The molecule has 1 fully saturated rings. The summed E-state index contributed by atoms with van der Waals surface area (Å²) < 4.78 is 5.15. The highest BCUT2D eigenvalue weighted by atomic mass is 35.5. The lowest BCUT2D eigenvalue weighted by molar-refractivity contribution is -0.120.